The van der Waals surface area contributed by atoms with Gasteiger partial charge in [0.25, 0.3) is 11.7 Å². The minimum atomic E-state index is -0.649. The number of anilines is 1. The number of carbonyl (C=O) groups is 2. The highest BCUT2D eigenvalue weighted by Crippen LogP contribution is 2.32. The second-order valence-electron chi connectivity index (χ2n) is 4.58. The molecule has 0 saturated carbocycles. The van der Waals surface area contributed by atoms with Crippen LogP contribution in [0.2, 0.25) is 0 Å². The first-order chi connectivity index (χ1) is 10.2. The Morgan fingerprint density at radius 2 is 1.76 bits per heavy atom. The van der Waals surface area contributed by atoms with Crippen molar-refractivity contribution in [3.05, 3.63) is 59.9 Å². The van der Waals surface area contributed by atoms with Gasteiger partial charge in [-0.05, 0) is 24.3 Å². The van der Waals surface area contributed by atoms with Gasteiger partial charge in [-0.25, -0.2) is 4.39 Å². The molecule has 0 unspecified atom stereocenters. The average molecular weight is 301 g/mol. The lowest BCUT2D eigenvalue weighted by molar-refractivity contribution is -0.114. The van der Waals surface area contributed by atoms with E-state index in [0.717, 1.165) is 4.90 Å². The van der Waals surface area contributed by atoms with Crippen molar-refractivity contribution in [1.29, 1.82) is 0 Å². The van der Waals surface area contributed by atoms with Crippen LogP contribution in [0.5, 0.6) is 0 Å². The molecule has 1 amide bonds. The zero-order valence-electron chi connectivity index (χ0n) is 11.1. The first kappa shape index (κ1) is 13.8. The summed E-state index contributed by atoms with van der Waals surface area (Å²) in [6, 6.07) is 13.9. The quantitative estimate of drug-likeness (QED) is 0.643. The maximum atomic E-state index is 13.9. The van der Waals surface area contributed by atoms with Crippen LogP contribution in [0.15, 0.2) is 53.4 Å². The number of Topliss-reactive ketones (excluding diaryl/α,β-unsaturated/α-hetero) is 1. The molecular formula is C16H12FNO2S. The van der Waals surface area contributed by atoms with Crippen LogP contribution in [0.3, 0.4) is 0 Å². The van der Waals surface area contributed by atoms with Crippen LogP contribution in [0, 0.1) is 5.82 Å². The smallest absolute Gasteiger partial charge is 0.299 e. The van der Waals surface area contributed by atoms with E-state index >= 15 is 0 Å². The molecule has 0 aromatic heterocycles. The molecule has 0 spiro atoms. The van der Waals surface area contributed by atoms with Crippen LogP contribution in [0.4, 0.5) is 10.1 Å². The monoisotopic (exact) mass is 301 g/mol. The molecule has 1 heterocycles. The minimum Gasteiger partial charge on any atom is -0.301 e. The van der Waals surface area contributed by atoms with Crippen molar-refractivity contribution < 1.29 is 14.0 Å². The van der Waals surface area contributed by atoms with E-state index in [1.54, 1.807) is 11.8 Å². The van der Waals surface area contributed by atoms with Crippen molar-refractivity contribution in [2.45, 2.75) is 4.90 Å². The molecule has 106 valence electrons. The normalized spacial score (nSPS) is 13.7. The summed E-state index contributed by atoms with van der Waals surface area (Å²) < 4.78 is 13.9. The molecule has 0 bridgehead atoms. The van der Waals surface area contributed by atoms with Gasteiger partial charge in [0.15, 0.2) is 0 Å². The summed E-state index contributed by atoms with van der Waals surface area (Å²) in [5.74, 6) is -1.22. The van der Waals surface area contributed by atoms with E-state index in [1.165, 1.54) is 23.1 Å². The largest absolute Gasteiger partial charge is 0.301 e. The van der Waals surface area contributed by atoms with Crippen molar-refractivity contribution in [3.8, 4) is 0 Å². The lowest BCUT2D eigenvalue weighted by Gasteiger charge is -2.16. The van der Waals surface area contributed by atoms with Crippen molar-refractivity contribution in [2.24, 2.45) is 0 Å². The Bertz CT molecular complexity index is 703. The maximum Gasteiger partial charge on any atom is 0.299 e. The van der Waals surface area contributed by atoms with Gasteiger partial charge in [0.2, 0.25) is 0 Å². The summed E-state index contributed by atoms with van der Waals surface area (Å²) in [5.41, 5.74) is 0.269. The fourth-order valence-corrected chi connectivity index (χ4v) is 3.16. The number of thioether (sulfide) groups is 1. The third-order valence-electron chi connectivity index (χ3n) is 3.27. The average Bonchev–Trinajstić information content (AvgIpc) is 2.75. The van der Waals surface area contributed by atoms with Crippen molar-refractivity contribution in [1.82, 2.24) is 0 Å². The number of hydrogen-bond donors (Lipinski definition) is 0. The Balaban J connectivity index is 1.75. The van der Waals surface area contributed by atoms with Gasteiger partial charge in [0.05, 0.1) is 11.3 Å². The van der Waals surface area contributed by atoms with Gasteiger partial charge in [-0.3, -0.25) is 9.59 Å². The molecule has 3 rings (SSSR count). The van der Waals surface area contributed by atoms with Crippen molar-refractivity contribution >= 4 is 29.1 Å². The summed E-state index contributed by atoms with van der Waals surface area (Å²) >= 11 is 1.56. The van der Waals surface area contributed by atoms with Crippen LogP contribution in [0.1, 0.15) is 10.4 Å². The zero-order valence-corrected chi connectivity index (χ0v) is 11.9. The lowest BCUT2D eigenvalue weighted by Crippen LogP contribution is -2.32. The molecule has 0 saturated heterocycles. The van der Waals surface area contributed by atoms with E-state index in [-0.39, 0.29) is 11.3 Å². The number of para-hydroxylation sites is 1. The number of ketones is 1. The number of nitrogens with zero attached hydrogens (tertiary/aromatic N) is 1. The molecule has 0 radical (unpaired) electrons. The molecule has 0 atom stereocenters. The molecule has 0 N–H and O–H groups in total. The Morgan fingerprint density at radius 3 is 2.52 bits per heavy atom. The highest BCUT2D eigenvalue weighted by atomic mass is 32.2. The molecule has 5 heteroatoms. The van der Waals surface area contributed by atoms with Crippen LogP contribution < -0.4 is 4.90 Å². The van der Waals surface area contributed by atoms with Crippen LogP contribution in [-0.2, 0) is 4.79 Å². The second-order valence-corrected chi connectivity index (χ2v) is 5.75. The van der Waals surface area contributed by atoms with Crippen LogP contribution in [-0.4, -0.2) is 24.0 Å². The summed E-state index contributed by atoms with van der Waals surface area (Å²) in [7, 11) is 0. The molecule has 0 aliphatic carbocycles. The topological polar surface area (TPSA) is 37.4 Å². The van der Waals surface area contributed by atoms with Gasteiger partial charge in [-0.1, -0.05) is 24.3 Å². The second kappa shape index (κ2) is 5.69. The first-order valence-corrected chi connectivity index (χ1v) is 7.49. The fourth-order valence-electron chi connectivity index (χ4n) is 2.30. The molecule has 2 aromatic rings. The number of halogens is 1. The molecule has 3 nitrogen and oxygen atoms in total. The third kappa shape index (κ3) is 2.56. The lowest BCUT2D eigenvalue weighted by atomic mass is 10.1. The summed E-state index contributed by atoms with van der Waals surface area (Å²) in [6.45, 7) is 0.304. The standard InChI is InChI=1S/C16H12FNO2S/c17-13-8-4-7-12-14(13)18(16(20)15(12)19)9-10-21-11-5-2-1-3-6-11/h1-8H,9-10H2. The van der Waals surface area contributed by atoms with Crippen molar-refractivity contribution in [3.63, 3.8) is 0 Å². The Hall–Kier alpha value is -2.14. The van der Waals surface area contributed by atoms with E-state index in [4.69, 9.17) is 0 Å². The number of fused-ring (bicyclic) bond motifs is 1. The van der Waals surface area contributed by atoms with Crippen LogP contribution >= 0.6 is 11.8 Å². The third-order valence-corrected chi connectivity index (χ3v) is 4.26. The predicted octanol–water partition coefficient (Wildman–Crippen LogP) is 3.15. The van der Waals surface area contributed by atoms with Gasteiger partial charge in [0.1, 0.15) is 5.82 Å². The summed E-state index contributed by atoms with van der Waals surface area (Å²) in [4.78, 5) is 26.1. The van der Waals surface area contributed by atoms with E-state index in [1.807, 2.05) is 30.3 Å². The van der Waals surface area contributed by atoms with Gasteiger partial charge < -0.3 is 4.90 Å². The minimum absolute atomic E-state index is 0.112. The van der Waals surface area contributed by atoms with E-state index < -0.39 is 17.5 Å². The molecule has 1 aliphatic rings. The zero-order chi connectivity index (χ0) is 14.8. The summed E-state index contributed by atoms with van der Waals surface area (Å²) in [6.07, 6.45) is 0. The van der Waals surface area contributed by atoms with E-state index in [2.05, 4.69) is 0 Å². The fraction of sp³-hybridized carbons (Fsp3) is 0.125. The summed E-state index contributed by atoms with van der Waals surface area (Å²) in [5, 5.41) is 0. The highest BCUT2D eigenvalue weighted by Gasteiger charge is 2.37. The van der Waals surface area contributed by atoms with E-state index in [0.29, 0.717) is 12.3 Å². The molecular weight excluding hydrogens is 289 g/mol. The van der Waals surface area contributed by atoms with Gasteiger partial charge in [0, 0.05) is 17.2 Å². The maximum absolute atomic E-state index is 13.9. The molecule has 1 aliphatic heterocycles. The SMILES string of the molecule is O=C1C(=O)N(CCSc2ccccc2)c2c(F)cccc21. The number of amides is 1. The number of rotatable bonds is 4. The van der Waals surface area contributed by atoms with Crippen molar-refractivity contribution in [2.75, 3.05) is 17.2 Å². The van der Waals surface area contributed by atoms with E-state index in [9.17, 15) is 14.0 Å². The molecule has 21 heavy (non-hydrogen) atoms. The Kier molecular flexibility index (Phi) is 3.75. The number of hydrogen-bond acceptors (Lipinski definition) is 3. The van der Waals surface area contributed by atoms with Gasteiger partial charge in [-0.15, -0.1) is 11.8 Å². The van der Waals surface area contributed by atoms with Crippen LogP contribution in [0.25, 0.3) is 0 Å². The number of carbonyl (C=O) groups excluding carboxylic acids is 2. The number of benzene rings is 2. The highest BCUT2D eigenvalue weighted by molar-refractivity contribution is 7.99. The van der Waals surface area contributed by atoms with Gasteiger partial charge >= 0.3 is 0 Å². The molecule has 2 aromatic carbocycles. The first-order valence-electron chi connectivity index (χ1n) is 6.51. The Labute approximate surface area is 125 Å². The molecule has 0 fully saturated rings. The Morgan fingerprint density at radius 1 is 1.00 bits per heavy atom. The van der Waals surface area contributed by atoms with Gasteiger partial charge in [-0.2, -0.15) is 0 Å². The predicted molar refractivity (Wildman–Crippen MR) is 80.2 cm³/mol.